The molecule has 238 valence electrons. The van der Waals surface area contributed by atoms with E-state index in [4.69, 9.17) is 21.1 Å². The van der Waals surface area contributed by atoms with Crippen LogP contribution in [0.1, 0.15) is 60.5 Å². The minimum Gasteiger partial charge on any atom is -0.491 e. The van der Waals surface area contributed by atoms with E-state index >= 15 is 0 Å². The number of rotatable bonds is 3. The van der Waals surface area contributed by atoms with Gasteiger partial charge in [0.15, 0.2) is 0 Å². The van der Waals surface area contributed by atoms with Crippen molar-refractivity contribution in [3.05, 3.63) is 70.3 Å². The van der Waals surface area contributed by atoms with Crippen LogP contribution in [0, 0.1) is 17.8 Å². The van der Waals surface area contributed by atoms with Crippen LogP contribution in [0.3, 0.4) is 0 Å². The van der Waals surface area contributed by atoms with Gasteiger partial charge < -0.3 is 22.9 Å². The van der Waals surface area contributed by atoms with E-state index in [9.17, 15) is 13.8 Å². The van der Waals surface area contributed by atoms with E-state index < -0.39 is 16.5 Å². The molecule has 1 aliphatic carbocycles. The Balaban J connectivity index is 1.57. The number of anilines is 1. The van der Waals surface area contributed by atoms with Gasteiger partial charge in [-0.1, -0.05) is 42.3 Å². The zero-order valence-electron chi connectivity index (χ0n) is 25.9. The number of carbonyl (C=O) groups excluding carboxylic acids is 2. The number of aryl methyl sites for hydroxylation is 1. The van der Waals surface area contributed by atoms with Gasteiger partial charge in [0.2, 0.25) is 0 Å². The molecule has 1 fully saturated rings. The van der Waals surface area contributed by atoms with Crippen molar-refractivity contribution in [3.8, 4) is 5.75 Å². The van der Waals surface area contributed by atoms with Gasteiger partial charge in [0, 0.05) is 29.6 Å². The molecule has 4 unspecified atom stereocenters. The molecule has 2 heterocycles. The van der Waals surface area contributed by atoms with E-state index in [0.29, 0.717) is 42.5 Å². The van der Waals surface area contributed by atoms with Gasteiger partial charge in [-0.05, 0) is 106 Å². The minimum atomic E-state index is -1.66. The zero-order valence-corrected chi connectivity index (χ0v) is 27.4. The summed E-state index contributed by atoms with van der Waals surface area (Å²) in [7, 11) is 2.05. The van der Waals surface area contributed by atoms with Crippen molar-refractivity contribution in [2.45, 2.75) is 58.1 Å². The van der Waals surface area contributed by atoms with E-state index in [2.05, 4.69) is 21.4 Å². The summed E-state index contributed by atoms with van der Waals surface area (Å²) < 4.78 is 29.3. The van der Waals surface area contributed by atoms with Crippen LogP contribution in [0.15, 0.2) is 52.9 Å². The van der Waals surface area contributed by atoms with Crippen LogP contribution in [0.4, 0.5) is 5.69 Å². The molecule has 0 saturated heterocycles. The van der Waals surface area contributed by atoms with Gasteiger partial charge in [-0.15, -0.1) is 0 Å². The number of halogens is 1. The smallest absolute Gasteiger partial charge is 0.320 e. The molecule has 5 rings (SSSR count). The second-order valence-corrected chi connectivity index (χ2v) is 14.2. The molecule has 0 aromatic heterocycles. The highest BCUT2D eigenvalue weighted by Gasteiger charge is 2.39. The Morgan fingerprint density at radius 2 is 2.00 bits per heavy atom. The van der Waals surface area contributed by atoms with Crippen LogP contribution in [-0.4, -0.2) is 62.4 Å². The van der Waals surface area contributed by atoms with Gasteiger partial charge in [0.25, 0.3) is 5.91 Å². The number of carbonyl (C=O) groups is 2. The van der Waals surface area contributed by atoms with E-state index in [1.54, 1.807) is 6.07 Å². The lowest BCUT2D eigenvalue weighted by Crippen LogP contribution is -2.44. The molecule has 0 spiro atoms. The van der Waals surface area contributed by atoms with E-state index in [1.807, 2.05) is 56.3 Å². The number of amides is 1. The number of ether oxygens (including phenoxy) is 2. The van der Waals surface area contributed by atoms with E-state index in [0.717, 1.165) is 37.8 Å². The van der Waals surface area contributed by atoms with E-state index in [1.165, 1.54) is 11.1 Å². The third kappa shape index (κ3) is 8.43. The largest absolute Gasteiger partial charge is 0.491 e. The van der Waals surface area contributed by atoms with Crippen molar-refractivity contribution in [1.82, 2.24) is 4.90 Å². The normalized spacial score (nSPS) is 25.0. The minimum absolute atomic E-state index is 0.0386. The van der Waals surface area contributed by atoms with E-state index in [-0.39, 0.29) is 42.1 Å². The molecular formula is C34H43ClN3O5S-. The Hall–Kier alpha value is -2.88. The second kappa shape index (κ2) is 14.9. The lowest BCUT2D eigenvalue weighted by atomic mass is 9.70. The summed E-state index contributed by atoms with van der Waals surface area (Å²) in [5, 5.41) is 0.716. The van der Waals surface area contributed by atoms with Crippen molar-refractivity contribution in [1.29, 1.82) is 0 Å². The molecule has 4 atom stereocenters. The Labute approximate surface area is 267 Å². The number of fused-ring (bicyclic) bond motifs is 3. The fourth-order valence-corrected chi connectivity index (χ4v) is 7.43. The Bertz CT molecular complexity index is 1470. The van der Waals surface area contributed by atoms with Crippen LogP contribution in [-0.2, 0) is 37.3 Å². The SMILES string of the molecule is CC1CC=CC(OC(=O)CN(C)C)C2CCC2CN2Cc3ccc(Cl)cc3CCCCOc3ccc(cc32)C(=O)N=[S-](=O)C1. The standard InChI is InChI=1S/C34H43ClN3O5S/c1-23-7-6-9-31(43-33(39)21-37(2)3)29-14-11-27(29)20-38-19-26-10-13-28(35)17-24(26)8-4-5-16-42-32-15-12-25(18-30(32)38)34(40)36-44(41)22-23/h6,9-10,12-13,15,17-18,23,27,29,31H,4-5,7-8,11,14,16,19-22H2,1-3H3/q-1. The number of benzene rings is 2. The number of allylic oxidation sites excluding steroid dienone is 1. The Morgan fingerprint density at radius 3 is 2.77 bits per heavy atom. The first kappa shape index (κ1) is 32.5. The van der Waals surface area contributed by atoms with Crippen molar-refractivity contribution in [3.63, 3.8) is 0 Å². The lowest BCUT2D eigenvalue weighted by molar-refractivity contribution is -0.152. The second-order valence-electron chi connectivity index (χ2n) is 12.6. The van der Waals surface area contributed by atoms with Gasteiger partial charge in [-0.2, -0.15) is 10.6 Å². The number of nitrogens with zero attached hydrogens (tertiary/aromatic N) is 3. The van der Waals surface area contributed by atoms with Crippen LogP contribution in [0.2, 0.25) is 5.02 Å². The van der Waals surface area contributed by atoms with Gasteiger partial charge in [-0.25, -0.2) is 0 Å². The zero-order chi connectivity index (χ0) is 31.2. The quantitative estimate of drug-likeness (QED) is 0.217. The third-order valence-corrected chi connectivity index (χ3v) is 10.2. The van der Waals surface area contributed by atoms with Crippen LogP contribution >= 0.6 is 11.6 Å². The summed E-state index contributed by atoms with van der Waals surface area (Å²) in [5.41, 5.74) is 3.58. The monoisotopic (exact) mass is 640 g/mol. The molecule has 0 N–H and O–H groups in total. The van der Waals surface area contributed by atoms with Gasteiger partial charge in [0.05, 0.1) is 18.8 Å². The molecule has 8 nitrogen and oxygen atoms in total. The Morgan fingerprint density at radius 1 is 1.16 bits per heavy atom. The highest BCUT2D eigenvalue weighted by Crippen LogP contribution is 2.42. The maximum absolute atomic E-state index is 13.2. The Kier molecular flexibility index (Phi) is 11.0. The van der Waals surface area contributed by atoms with Gasteiger partial charge in [0.1, 0.15) is 11.9 Å². The fraction of sp³-hybridized carbons (Fsp3) is 0.529. The van der Waals surface area contributed by atoms with Crippen molar-refractivity contribution in [2.24, 2.45) is 22.1 Å². The first-order valence-corrected chi connectivity index (χ1v) is 17.3. The summed E-state index contributed by atoms with van der Waals surface area (Å²) in [6, 6.07) is 11.5. The van der Waals surface area contributed by atoms with Crippen LogP contribution in [0.25, 0.3) is 0 Å². The van der Waals surface area contributed by atoms with Crippen molar-refractivity contribution in [2.75, 3.05) is 44.4 Å². The molecule has 2 bridgehead atoms. The molecule has 2 aliphatic heterocycles. The van der Waals surface area contributed by atoms with Crippen LogP contribution < -0.4 is 9.64 Å². The van der Waals surface area contributed by atoms with Crippen molar-refractivity contribution >= 4 is 39.8 Å². The topological polar surface area (TPSA) is 88.5 Å². The third-order valence-electron chi connectivity index (χ3n) is 8.72. The molecule has 10 heteroatoms. The summed E-state index contributed by atoms with van der Waals surface area (Å²) in [6.07, 6.45) is 9.05. The predicted octanol–water partition coefficient (Wildman–Crippen LogP) is 6.44. The summed E-state index contributed by atoms with van der Waals surface area (Å²) >= 11 is 6.43. The molecule has 1 saturated carbocycles. The van der Waals surface area contributed by atoms with Crippen LogP contribution in [0.5, 0.6) is 5.75 Å². The first-order valence-electron chi connectivity index (χ1n) is 15.6. The first-order chi connectivity index (χ1) is 21.2. The highest BCUT2D eigenvalue weighted by atomic mass is 35.5. The molecular weight excluding hydrogens is 598 g/mol. The average molecular weight is 641 g/mol. The number of hydrogen-bond donors (Lipinski definition) is 0. The maximum atomic E-state index is 13.2. The number of likely N-dealkylation sites (N-methyl/N-ethyl adjacent to an activating group) is 1. The number of esters is 1. The molecule has 44 heavy (non-hydrogen) atoms. The molecule has 0 radical (unpaired) electrons. The summed E-state index contributed by atoms with van der Waals surface area (Å²) in [5.74, 6) is 0.690. The lowest BCUT2D eigenvalue weighted by Gasteiger charge is -2.43. The molecule has 2 aromatic rings. The predicted molar refractivity (Wildman–Crippen MR) is 175 cm³/mol. The van der Waals surface area contributed by atoms with Gasteiger partial charge >= 0.3 is 5.97 Å². The maximum Gasteiger partial charge on any atom is 0.320 e. The summed E-state index contributed by atoms with van der Waals surface area (Å²) in [4.78, 5) is 30.1. The summed E-state index contributed by atoms with van der Waals surface area (Å²) in [6.45, 7) is 4.05. The molecule has 1 amide bonds. The molecule has 3 aliphatic rings. The molecule has 2 aromatic carbocycles. The van der Waals surface area contributed by atoms with Crippen molar-refractivity contribution < 1.29 is 23.3 Å². The highest BCUT2D eigenvalue weighted by molar-refractivity contribution is 7.75. The van der Waals surface area contributed by atoms with Gasteiger partial charge in [-0.3, -0.25) is 14.5 Å². The number of hydrogen-bond acceptors (Lipinski definition) is 8. The average Bonchev–Trinajstić information content (AvgIpc) is 2.97. The fourth-order valence-electron chi connectivity index (χ4n) is 6.25.